The maximum atomic E-state index is 11.9. The number of nitrogens with one attached hydrogen (secondary N) is 1. The molecule has 0 aliphatic rings. The molecule has 0 aliphatic heterocycles. The monoisotopic (exact) mass is 327 g/mol. The van der Waals surface area contributed by atoms with Crippen LogP contribution in [0.4, 0.5) is 5.69 Å². The third-order valence-corrected chi connectivity index (χ3v) is 3.19. The zero-order valence-electron chi connectivity index (χ0n) is 14.5. The Morgan fingerprint density at radius 3 is 1.96 bits per heavy atom. The quantitative estimate of drug-likeness (QED) is 0.761. The molecule has 1 amide bonds. The van der Waals surface area contributed by atoms with Gasteiger partial charge in [-0.15, -0.1) is 0 Å². The van der Waals surface area contributed by atoms with Crippen molar-refractivity contribution in [3.63, 3.8) is 0 Å². The fourth-order valence-corrected chi connectivity index (χ4v) is 2.16. The van der Waals surface area contributed by atoms with Crippen LogP contribution in [0.1, 0.15) is 27.2 Å². The van der Waals surface area contributed by atoms with E-state index in [-0.39, 0.29) is 11.3 Å². The number of carbonyl (C=O) groups is 1. The first-order valence-corrected chi connectivity index (χ1v) is 8.13. The molecule has 0 atom stereocenters. The molecule has 0 fully saturated rings. The second kappa shape index (κ2) is 8.39. The van der Waals surface area contributed by atoms with E-state index in [4.69, 9.17) is 9.47 Å². The Kier molecular flexibility index (Phi) is 6.24. The van der Waals surface area contributed by atoms with Gasteiger partial charge >= 0.3 is 0 Å². The standard InChI is InChI=1S/C20H25NO3/c1-20(2,3)15-19(22)21-16-9-11-18(12-10-16)24-14-13-23-17-7-5-4-6-8-17/h4-12H,13-15H2,1-3H3,(H,21,22). The number of carbonyl (C=O) groups excluding carboxylic acids is 1. The van der Waals surface area contributed by atoms with E-state index >= 15 is 0 Å². The molecule has 2 aromatic rings. The fraction of sp³-hybridized carbons (Fsp3) is 0.350. The van der Waals surface area contributed by atoms with E-state index < -0.39 is 0 Å². The first kappa shape index (κ1) is 17.9. The Hall–Kier alpha value is -2.49. The van der Waals surface area contributed by atoms with Crippen LogP contribution in [0.2, 0.25) is 0 Å². The minimum absolute atomic E-state index is 0.0208. The van der Waals surface area contributed by atoms with Gasteiger partial charge in [0.2, 0.25) is 5.91 Å². The Bertz CT molecular complexity index is 630. The van der Waals surface area contributed by atoms with Gasteiger partial charge in [0.15, 0.2) is 0 Å². The van der Waals surface area contributed by atoms with Gasteiger partial charge in [0.1, 0.15) is 24.7 Å². The molecule has 0 unspecified atom stereocenters. The molecule has 24 heavy (non-hydrogen) atoms. The molecular formula is C20H25NO3. The van der Waals surface area contributed by atoms with Gasteiger partial charge in [-0.05, 0) is 41.8 Å². The van der Waals surface area contributed by atoms with E-state index in [9.17, 15) is 4.79 Å². The second-order valence-corrected chi connectivity index (χ2v) is 6.82. The van der Waals surface area contributed by atoms with Gasteiger partial charge in [0.25, 0.3) is 0 Å². The topological polar surface area (TPSA) is 47.6 Å². The summed E-state index contributed by atoms with van der Waals surface area (Å²) < 4.78 is 11.2. The third kappa shape index (κ3) is 6.73. The van der Waals surface area contributed by atoms with Gasteiger partial charge in [-0.25, -0.2) is 0 Å². The van der Waals surface area contributed by atoms with Crippen molar-refractivity contribution in [1.29, 1.82) is 0 Å². The SMILES string of the molecule is CC(C)(C)CC(=O)Nc1ccc(OCCOc2ccccc2)cc1. The molecule has 128 valence electrons. The van der Waals surface area contributed by atoms with Crippen LogP contribution in [0.25, 0.3) is 0 Å². The van der Waals surface area contributed by atoms with Crippen molar-refractivity contribution < 1.29 is 14.3 Å². The molecule has 1 N–H and O–H groups in total. The van der Waals surface area contributed by atoms with Gasteiger partial charge in [-0.2, -0.15) is 0 Å². The normalized spacial score (nSPS) is 11.0. The number of anilines is 1. The number of hydrogen-bond donors (Lipinski definition) is 1. The molecule has 2 aromatic carbocycles. The Labute approximate surface area is 143 Å². The summed E-state index contributed by atoms with van der Waals surface area (Å²) in [5, 5.41) is 2.90. The van der Waals surface area contributed by atoms with Crippen LogP contribution >= 0.6 is 0 Å². The van der Waals surface area contributed by atoms with Crippen molar-refractivity contribution in [2.24, 2.45) is 5.41 Å². The van der Waals surface area contributed by atoms with Crippen LogP contribution in [0.3, 0.4) is 0 Å². The molecule has 4 nitrogen and oxygen atoms in total. The summed E-state index contributed by atoms with van der Waals surface area (Å²) in [5.41, 5.74) is 0.753. The van der Waals surface area contributed by atoms with Gasteiger partial charge in [0, 0.05) is 12.1 Å². The van der Waals surface area contributed by atoms with Gasteiger partial charge in [-0.1, -0.05) is 39.0 Å². The van der Waals surface area contributed by atoms with Crippen molar-refractivity contribution in [2.45, 2.75) is 27.2 Å². The number of para-hydroxylation sites is 1. The third-order valence-electron chi connectivity index (χ3n) is 3.19. The zero-order valence-corrected chi connectivity index (χ0v) is 14.5. The predicted octanol–water partition coefficient (Wildman–Crippen LogP) is 4.52. The van der Waals surface area contributed by atoms with E-state index in [0.29, 0.717) is 19.6 Å². The highest BCUT2D eigenvalue weighted by atomic mass is 16.5. The van der Waals surface area contributed by atoms with E-state index in [1.165, 1.54) is 0 Å². The number of rotatable bonds is 7. The maximum Gasteiger partial charge on any atom is 0.224 e. The average molecular weight is 327 g/mol. The molecule has 0 bridgehead atoms. The number of amides is 1. The molecule has 0 spiro atoms. The summed E-state index contributed by atoms with van der Waals surface area (Å²) in [6, 6.07) is 17.0. The number of hydrogen-bond acceptors (Lipinski definition) is 3. The first-order chi connectivity index (χ1) is 11.4. The highest BCUT2D eigenvalue weighted by Crippen LogP contribution is 2.21. The van der Waals surface area contributed by atoms with Crippen molar-refractivity contribution in [1.82, 2.24) is 0 Å². The fourth-order valence-electron chi connectivity index (χ4n) is 2.16. The minimum atomic E-state index is -0.0219. The number of benzene rings is 2. The van der Waals surface area contributed by atoms with Crippen LogP contribution < -0.4 is 14.8 Å². The lowest BCUT2D eigenvalue weighted by Crippen LogP contribution is -2.19. The van der Waals surface area contributed by atoms with Crippen LogP contribution in [0.5, 0.6) is 11.5 Å². The van der Waals surface area contributed by atoms with Crippen molar-refractivity contribution >= 4 is 11.6 Å². The largest absolute Gasteiger partial charge is 0.490 e. The molecule has 0 saturated heterocycles. The van der Waals surface area contributed by atoms with E-state index in [2.05, 4.69) is 5.32 Å². The summed E-state index contributed by atoms with van der Waals surface area (Å²) in [5.74, 6) is 1.60. The molecule has 0 saturated carbocycles. The van der Waals surface area contributed by atoms with Crippen LogP contribution in [0, 0.1) is 5.41 Å². The molecular weight excluding hydrogens is 302 g/mol. The molecule has 4 heteroatoms. The van der Waals surface area contributed by atoms with Gasteiger partial charge in [0.05, 0.1) is 0 Å². The second-order valence-electron chi connectivity index (χ2n) is 6.82. The van der Waals surface area contributed by atoms with Crippen molar-refractivity contribution in [3.8, 4) is 11.5 Å². The first-order valence-electron chi connectivity index (χ1n) is 8.13. The van der Waals surface area contributed by atoms with E-state index in [1.807, 2.05) is 75.4 Å². The van der Waals surface area contributed by atoms with E-state index in [1.54, 1.807) is 0 Å². The summed E-state index contributed by atoms with van der Waals surface area (Å²) in [4.78, 5) is 11.9. The molecule has 0 heterocycles. The Morgan fingerprint density at radius 2 is 1.42 bits per heavy atom. The lowest BCUT2D eigenvalue weighted by molar-refractivity contribution is -0.117. The van der Waals surface area contributed by atoms with E-state index in [0.717, 1.165) is 17.2 Å². The molecule has 0 radical (unpaired) electrons. The Balaban J connectivity index is 1.73. The average Bonchev–Trinajstić information content (AvgIpc) is 2.52. The number of ether oxygens (including phenoxy) is 2. The summed E-state index contributed by atoms with van der Waals surface area (Å²) >= 11 is 0. The lowest BCUT2D eigenvalue weighted by Gasteiger charge is -2.17. The molecule has 2 rings (SSSR count). The van der Waals surface area contributed by atoms with Crippen molar-refractivity contribution in [2.75, 3.05) is 18.5 Å². The van der Waals surface area contributed by atoms with Crippen LogP contribution in [-0.4, -0.2) is 19.1 Å². The van der Waals surface area contributed by atoms with Crippen LogP contribution in [-0.2, 0) is 4.79 Å². The summed E-state index contributed by atoms with van der Waals surface area (Å²) in [6.45, 7) is 7.07. The highest BCUT2D eigenvalue weighted by Gasteiger charge is 2.15. The maximum absolute atomic E-state index is 11.9. The van der Waals surface area contributed by atoms with Crippen molar-refractivity contribution in [3.05, 3.63) is 54.6 Å². The van der Waals surface area contributed by atoms with Gasteiger partial charge < -0.3 is 14.8 Å². The predicted molar refractivity (Wildman–Crippen MR) is 96.6 cm³/mol. The zero-order chi connectivity index (χ0) is 17.4. The van der Waals surface area contributed by atoms with Gasteiger partial charge in [-0.3, -0.25) is 4.79 Å². The minimum Gasteiger partial charge on any atom is -0.490 e. The lowest BCUT2D eigenvalue weighted by atomic mass is 9.92. The molecule has 0 aliphatic carbocycles. The highest BCUT2D eigenvalue weighted by molar-refractivity contribution is 5.91. The van der Waals surface area contributed by atoms with Crippen LogP contribution in [0.15, 0.2) is 54.6 Å². The Morgan fingerprint density at radius 1 is 0.875 bits per heavy atom. The summed E-state index contributed by atoms with van der Waals surface area (Å²) in [7, 11) is 0. The summed E-state index contributed by atoms with van der Waals surface area (Å²) in [6.07, 6.45) is 0.488. The smallest absolute Gasteiger partial charge is 0.224 e. The molecule has 0 aromatic heterocycles.